The first kappa shape index (κ1) is 21.9. The lowest BCUT2D eigenvalue weighted by Crippen LogP contribution is -2.26. The number of nitrogens with zero attached hydrogens (tertiary/aromatic N) is 2. The number of benzene rings is 2. The van der Waals surface area contributed by atoms with Gasteiger partial charge in [0.05, 0.1) is 11.5 Å². The Bertz CT molecular complexity index is 782. The molecule has 0 aliphatic heterocycles. The molecule has 0 bridgehead atoms. The van der Waals surface area contributed by atoms with E-state index in [9.17, 15) is 10.1 Å². The van der Waals surface area contributed by atoms with Crippen LogP contribution in [0, 0.1) is 10.1 Å². The predicted molar refractivity (Wildman–Crippen MR) is 110 cm³/mol. The molecule has 1 N–H and O–H groups in total. The standard InChI is InChI=1S/C20H26ClN3O4/c1-4-27-19-11-16(13-22-9-10-23(2)3)18(21)12-20(19)28-14-15-5-7-17(8-6-15)24(25)26/h5-8,11-12,22H,4,9-10,13-14H2,1-3H3. The molecule has 0 aromatic heterocycles. The molecule has 0 saturated carbocycles. The van der Waals surface area contributed by atoms with Crippen molar-refractivity contribution in [2.24, 2.45) is 0 Å². The number of non-ortho nitro benzene ring substituents is 1. The lowest BCUT2D eigenvalue weighted by atomic mass is 10.2. The molecule has 0 fully saturated rings. The van der Waals surface area contributed by atoms with Crippen molar-refractivity contribution in [2.75, 3.05) is 33.8 Å². The van der Waals surface area contributed by atoms with Crippen LogP contribution in [0.25, 0.3) is 0 Å². The van der Waals surface area contributed by atoms with Crippen molar-refractivity contribution in [3.8, 4) is 11.5 Å². The molecule has 0 spiro atoms. The summed E-state index contributed by atoms with van der Waals surface area (Å²) in [6, 6.07) is 9.89. The Morgan fingerprint density at radius 2 is 1.82 bits per heavy atom. The van der Waals surface area contributed by atoms with E-state index < -0.39 is 4.92 Å². The average molecular weight is 408 g/mol. The molecule has 0 amide bonds. The molecule has 2 rings (SSSR count). The fourth-order valence-electron chi connectivity index (χ4n) is 2.49. The van der Waals surface area contributed by atoms with Gasteiger partial charge in [-0.2, -0.15) is 0 Å². The van der Waals surface area contributed by atoms with Crippen LogP contribution >= 0.6 is 11.6 Å². The summed E-state index contributed by atoms with van der Waals surface area (Å²) >= 11 is 6.42. The Hall–Kier alpha value is -2.35. The van der Waals surface area contributed by atoms with Crippen LogP contribution < -0.4 is 14.8 Å². The summed E-state index contributed by atoms with van der Waals surface area (Å²) in [6.45, 7) is 5.09. The van der Waals surface area contributed by atoms with Crippen LogP contribution in [0.4, 0.5) is 5.69 Å². The molecule has 0 heterocycles. The quantitative estimate of drug-likeness (QED) is 0.346. The number of hydrogen-bond acceptors (Lipinski definition) is 6. The monoisotopic (exact) mass is 407 g/mol. The van der Waals surface area contributed by atoms with Gasteiger partial charge in [0.25, 0.3) is 5.69 Å². The number of halogens is 1. The van der Waals surface area contributed by atoms with E-state index in [0.29, 0.717) is 29.7 Å². The molecule has 0 unspecified atom stereocenters. The van der Waals surface area contributed by atoms with E-state index in [2.05, 4.69) is 10.2 Å². The molecular formula is C20H26ClN3O4. The first-order valence-corrected chi connectivity index (χ1v) is 9.45. The fourth-order valence-corrected chi connectivity index (χ4v) is 2.71. The summed E-state index contributed by atoms with van der Waals surface area (Å²) in [6.07, 6.45) is 0. The molecule has 28 heavy (non-hydrogen) atoms. The number of ether oxygens (including phenoxy) is 2. The maximum absolute atomic E-state index is 10.7. The van der Waals surface area contributed by atoms with E-state index in [1.54, 1.807) is 18.2 Å². The topological polar surface area (TPSA) is 76.9 Å². The minimum absolute atomic E-state index is 0.0490. The highest BCUT2D eigenvalue weighted by molar-refractivity contribution is 6.31. The van der Waals surface area contributed by atoms with Gasteiger partial charge in [-0.25, -0.2) is 0 Å². The molecule has 0 aliphatic carbocycles. The Morgan fingerprint density at radius 1 is 1.14 bits per heavy atom. The second kappa shape index (κ2) is 10.8. The number of rotatable bonds is 11. The highest BCUT2D eigenvalue weighted by Crippen LogP contribution is 2.34. The van der Waals surface area contributed by atoms with Gasteiger partial charge in [0.2, 0.25) is 0 Å². The number of nitro benzene ring substituents is 1. The molecule has 7 nitrogen and oxygen atoms in total. The Morgan fingerprint density at radius 3 is 2.43 bits per heavy atom. The Kier molecular flexibility index (Phi) is 8.50. The van der Waals surface area contributed by atoms with Gasteiger partial charge in [0.15, 0.2) is 11.5 Å². The highest BCUT2D eigenvalue weighted by Gasteiger charge is 2.12. The van der Waals surface area contributed by atoms with Crippen molar-refractivity contribution in [2.45, 2.75) is 20.1 Å². The molecule has 152 valence electrons. The van der Waals surface area contributed by atoms with Crippen molar-refractivity contribution in [1.29, 1.82) is 0 Å². The van der Waals surface area contributed by atoms with Gasteiger partial charge in [0, 0.05) is 42.9 Å². The van der Waals surface area contributed by atoms with Crippen LogP contribution in [0.3, 0.4) is 0 Å². The van der Waals surface area contributed by atoms with E-state index in [4.69, 9.17) is 21.1 Å². The Labute approximate surface area is 170 Å². The number of nitro groups is 1. The van der Waals surface area contributed by atoms with Crippen LogP contribution in [0.1, 0.15) is 18.1 Å². The first-order valence-electron chi connectivity index (χ1n) is 9.07. The molecule has 0 atom stereocenters. The minimum Gasteiger partial charge on any atom is -0.490 e. The van der Waals surface area contributed by atoms with Crippen molar-refractivity contribution in [3.05, 3.63) is 62.7 Å². The third-order valence-corrected chi connectivity index (χ3v) is 4.36. The molecular weight excluding hydrogens is 382 g/mol. The molecule has 0 aliphatic rings. The largest absolute Gasteiger partial charge is 0.490 e. The summed E-state index contributed by atoms with van der Waals surface area (Å²) in [5, 5.41) is 14.7. The van der Waals surface area contributed by atoms with Crippen molar-refractivity contribution >= 4 is 17.3 Å². The smallest absolute Gasteiger partial charge is 0.269 e. The van der Waals surface area contributed by atoms with E-state index in [1.807, 2.05) is 27.1 Å². The maximum Gasteiger partial charge on any atom is 0.269 e. The van der Waals surface area contributed by atoms with Crippen molar-refractivity contribution in [3.63, 3.8) is 0 Å². The molecule has 0 radical (unpaired) electrons. The SMILES string of the molecule is CCOc1cc(CNCCN(C)C)c(Cl)cc1OCc1ccc([N+](=O)[O-])cc1. The van der Waals surface area contributed by atoms with Gasteiger partial charge in [-0.15, -0.1) is 0 Å². The third-order valence-electron chi connectivity index (χ3n) is 4.01. The van der Waals surface area contributed by atoms with E-state index >= 15 is 0 Å². The van der Waals surface area contributed by atoms with Crippen LogP contribution in [0.15, 0.2) is 36.4 Å². The van der Waals surface area contributed by atoms with E-state index in [-0.39, 0.29) is 12.3 Å². The summed E-state index contributed by atoms with van der Waals surface area (Å²) in [5.41, 5.74) is 1.80. The van der Waals surface area contributed by atoms with Gasteiger partial charge in [0.1, 0.15) is 6.61 Å². The zero-order valence-corrected chi connectivity index (χ0v) is 17.2. The van der Waals surface area contributed by atoms with Gasteiger partial charge < -0.3 is 19.7 Å². The van der Waals surface area contributed by atoms with Gasteiger partial charge in [-0.05, 0) is 50.3 Å². The van der Waals surface area contributed by atoms with Crippen LogP contribution in [-0.2, 0) is 13.2 Å². The minimum atomic E-state index is -0.428. The van der Waals surface area contributed by atoms with Crippen LogP contribution in [0.2, 0.25) is 5.02 Å². The maximum atomic E-state index is 10.7. The van der Waals surface area contributed by atoms with Crippen LogP contribution in [-0.4, -0.2) is 43.6 Å². The normalized spacial score (nSPS) is 10.9. The lowest BCUT2D eigenvalue weighted by Gasteiger charge is -2.16. The molecule has 2 aromatic carbocycles. The molecule has 8 heteroatoms. The summed E-state index contributed by atoms with van der Waals surface area (Å²) < 4.78 is 11.6. The van der Waals surface area contributed by atoms with Gasteiger partial charge >= 0.3 is 0 Å². The third kappa shape index (κ3) is 6.67. The highest BCUT2D eigenvalue weighted by atomic mass is 35.5. The van der Waals surface area contributed by atoms with Crippen molar-refractivity contribution in [1.82, 2.24) is 10.2 Å². The molecule has 0 saturated heterocycles. The summed E-state index contributed by atoms with van der Waals surface area (Å²) in [4.78, 5) is 12.4. The fraction of sp³-hybridized carbons (Fsp3) is 0.400. The van der Waals surface area contributed by atoms with Gasteiger partial charge in [-0.1, -0.05) is 11.6 Å². The summed E-state index contributed by atoms with van der Waals surface area (Å²) in [5.74, 6) is 1.17. The zero-order valence-electron chi connectivity index (χ0n) is 16.4. The summed E-state index contributed by atoms with van der Waals surface area (Å²) in [7, 11) is 4.05. The second-order valence-corrected chi connectivity index (χ2v) is 6.92. The number of nitrogens with one attached hydrogen (secondary N) is 1. The number of hydrogen-bond donors (Lipinski definition) is 1. The Balaban J connectivity index is 2.05. The first-order chi connectivity index (χ1) is 13.4. The zero-order chi connectivity index (χ0) is 20.5. The molecule has 2 aromatic rings. The predicted octanol–water partition coefficient (Wildman–Crippen LogP) is 3.88. The average Bonchev–Trinajstić information content (AvgIpc) is 2.66. The van der Waals surface area contributed by atoms with E-state index in [1.165, 1.54) is 12.1 Å². The van der Waals surface area contributed by atoms with Crippen LogP contribution in [0.5, 0.6) is 11.5 Å². The van der Waals surface area contributed by atoms with Crippen molar-refractivity contribution < 1.29 is 14.4 Å². The van der Waals surface area contributed by atoms with E-state index in [0.717, 1.165) is 24.2 Å². The second-order valence-electron chi connectivity index (χ2n) is 6.52. The van der Waals surface area contributed by atoms with Gasteiger partial charge in [-0.3, -0.25) is 10.1 Å². The lowest BCUT2D eigenvalue weighted by molar-refractivity contribution is -0.384. The number of likely N-dealkylation sites (N-methyl/N-ethyl adjacent to an activating group) is 1.